The van der Waals surface area contributed by atoms with Gasteiger partial charge in [0.15, 0.2) is 0 Å². The Morgan fingerprint density at radius 1 is 0.561 bits per heavy atom. The molecule has 6 aromatic carbocycles. The number of imidazole rings is 1. The van der Waals surface area contributed by atoms with Crippen molar-refractivity contribution in [2.45, 2.75) is 105 Å². The van der Waals surface area contributed by atoms with Crippen LogP contribution in [0.2, 0.25) is 0 Å². The summed E-state index contributed by atoms with van der Waals surface area (Å²) in [7, 11) is 0. The second kappa shape index (κ2) is 17.3. The van der Waals surface area contributed by atoms with E-state index in [1.165, 1.54) is 22.3 Å². The molecule has 3 aromatic heterocycles. The van der Waals surface area contributed by atoms with Crippen molar-refractivity contribution in [3.63, 3.8) is 0 Å². The first-order chi connectivity index (χ1) is 30.8. The number of nitrogens with zero attached hydrogens (tertiary/aromatic N) is 4. The van der Waals surface area contributed by atoms with E-state index in [9.17, 15) is 0 Å². The Bertz CT molecular complexity index is 3210. The minimum Gasteiger partial charge on any atom is -0.510 e. The fourth-order valence-electron chi connectivity index (χ4n) is 9.17. The molecule has 0 unspecified atom stereocenters. The zero-order chi connectivity index (χ0) is 46.1. The summed E-state index contributed by atoms with van der Waals surface area (Å²) in [6.07, 6.45) is 5.65. The number of benzene rings is 6. The summed E-state index contributed by atoms with van der Waals surface area (Å²) in [5, 5.41) is 2.27. The van der Waals surface area contributed by atoms with E-state index in [-0.39, 0.29) is 37.3 Å². The quantitative estimate of drug-likeness (QED) is 0.107. The van der Waals surface area contributed by atoms with Crippen LogP contribution in [0.1, 0.15) is 114 Å². The second-order valence-electron chi connectivity index (χ2n) is 20.7. The summed E-state index contributed by atoms with van der Waals surface area (Å²) in [5.74, 6) is 2.04. The standard InChI is InChI=1S/C60H60N4O.Pt/c1-40-41(2)63(39-62(40)47-27-21-26-44(32-47)57(3,4)5)48-33-46(59(9,10)42-22-15-13-16-23-42)34-49(36-48)65-50-37-52(60(11,12)43-24-17-14-18-25-43)56-51-28-19-20-29-53(51)64(54(56)38-50)55-35-45(30-31-61-55)58(6,7)8;/h13-35,37H,1-12H3;/q-2;. The molecule has 5 nitrogen and oxygen atoms in total. The molecule has 0 saturated carbocycles. The van der Waals surface area contributed by atoms with Crippen LogP contribution in [0, 0.1) is 32.3 Å². The van der Waals surface area contributed by atoms with Crippen LogP contribution in [0.3, 0.4) is 0 Å². The van der Waals surface area contributed by atoms with Gasteiger partial charge in [0.25, 0.3) is 6.33 Å². The van der Waals surface area contributed by atoms with E-state index >= 15 is 0 Å². The summed E-state index contributed by atoms with van der Waals surface area (Å²) >= 11 is 0. The van der Waals surface area contributed by atoms with Gasteiger partial charge in [-0.2, -0.15) is 6.07 Å². The van der Waals surface area contributed by atoms with Crippen molar-refractivity contribution in [2.75, 3.05) is 0 Å². The number of hydrogen-bond acceptors (Lipinski definition) is 2. The first-order valence-corrected chi connectivity index (χ1v) is 22.8. The molecule has 338 valence electrons. The number of pyridine rings is 1. The SMILES string of the molecule is Cc1c(C)[n+](-c2cccc(C(C)(C)C)c2)[c-]n1-c1[c-]c(Oc2[c-]c3c(c(C(C)(C)c4ccccc4)c2)c2ccccc2n3-c2cc(C(C)(C)C)ccn2)cc(C(C)(C)c2ccccc2)c1.[Pt]. The molecule has 0 atom stereocenters. The van der Waals surface area contributed by atoms with Crippen molar-refractivity contribution in [3.8, 4) is 28.7 Å². The van der Waals surface area contributed by atoms with Crippen LogP contribution in [0.15, 0.2) is 146 Å². The van der Waals surface area contributed by atoms with Crippen LogP contribution in [-0.2, 0) is 42.7 Å². The molecule has 0 N–H and O–H groups in total. The molecule has 66 heavy (non-hydrogen) atoms. The molecule has 6 heteroatoms. The van der Waals surface area contributed by atoms with Crippen molar-refractivity contribution in [3.05, 3.63) is 209 Å². The molecule has 9 rings (SSSR count). The summed E-state index contributed by atoms with van der Waals surface area (Å²) < 4.78 is 13.7. The Morgan fingerprint density at radius 3 is 1.82 bits per heavy atom. The molecule has 0 spiro atoms. The Morgan fingerprint density at radius 2 is 1.15 bits per heavy atom. The molecule has 0 amide bonds. The fourth-order valence-corrected chi connectivity index (χ4v) is 9.17. The van der Waals surface area contributed by atoms with Crippen molar-refractivity contribution in [1.29, 1.82) is 0 Å². The number of para-hydroxylation sites is 1. The Balaban J connectivity index is 0.00000592. The largest absolute Gasteiger partial charge is 0.510 e. The van der Waals surface area contributed by atoms with Gasteiger partial charge < -0.3 is 13.9 Å². The molecule has 0 radical (unpaired) electrons. The first kappa shape index (κ1) is 46.5. The van der Waals surface area contributed by atoms with Gasteiger partial charge >= 0.3 is 0 Å². The van der Waals surface area contributed by atoms with Gasteiger partial charge in [0, 0.05) is 50.0 Å². The zero-order valence-corrected chi connectivity index (χ0v) is 42.6. The zero-order valence-electron chi connectivity index (χ0n) is 40.4. The number of fused-ring (bicyclic) bond motifs is 3. The normalized spacial score (nSPS) is 12.4. The number of ether oxygens (including phenoxy) is 1. The summed E-state index contributed by atoms with van der Waals surface area (Å²) in [6.45, 7) is 27.0. The third kappa shape index (κ3) is 8.48. The molecule has 0 fully saturated rings. The minimum absolute atomic E-state index is 0. The van der Waals surface area contributed by atoms with Crippen molar-refractivity contribution >= 4 is 21.8 Å². The van der Waals surface area contributed by atoms with Crippen LogP contribution < -0.4 is 9.30 Å². The minimum atomic E-state index is -0.416. The maximum Gasteiger partial charge on any atom is 0.267 e. The molecule has 0 aliphatic heterocycles. The first-order valence-electron chi connectivity index (χ1n) is 22.8. The van der Waals surface area contributed by atoms with Gasteiger partial charge in [0.1, 0.15) is 5.82 Å². The predicted octanol–water partition coefficient (Wildman–Crippen LogP) is 14.3. The maximum absolute atomic E-state index is 7.19. The molecule has 0 bridgehead atoms. The van der Waals surface area contributed by atoms with Gasteiger partial charge in [-0.3, -0.25) is 4.57 Å². The van der Waals surface area contributed by atoms with Crippen LogP contribution in [0.4, 0.5) is 0 Å². The second-order valence-corrected chi connectivity index (χ2v) is 20.7. The van der Waals surface area contributed by atoms with Crippen LogP contribution in [-0.4, -0.2) is 14.1 Å². The van der Waals surface area contributed by atoms with Crippen molar-refractivity contribution in [1.82, 2.24) is 14.1 Å². The molecule has 0 saturated heterocycles. The summed E-state index contributed by atoms with van der Waals surface area (Å²) in [5.41, 5.74) is 12.3. The smallest absolute Gasteiger partial charge is 0.267 e. The van der Waals surface area contributed by atoms with Gasteiger partial charge in [-0.1, -0.05) is 171 Å². The molecular formula is C60H60N4OPt-2. The van der Waals surface area contributed by atoms with E-state index in [0.29, 0.717) is 11.5 Å². The van der Waals surface area contributed by atoms with Gasteiger partial charge in [-0.25, -0.2) is 4.98 Å². The predicted molar refractivity (Wildman–Crippen MR) is 266 cm³/mol. The van der Waals surface area contributed by atoms with Crippen LogP contribution >= 0.6 is 0 Å². The molecule has 0 aliphatic rings. The van der Waals surface area contributed by atoms with Crippen LogP contribution in [0.25, 0.3) is 39.0 Å². The van der Waals surface area contributed by atoms with Gasteiger partial charge in [0.05, 0.1) is 11.4 Å². The summed E-state index contributed by atoms with van der Waals surface area (Å²) in [6, 6.07) is 57.3. The average Bonchev–Trinajstić information content (AvgIpc) is 3.78. The average molecular weight is 1050 g/mol. The van der Waals surface area contributed by atoms with E-state index < -0.39 is 5.41 Å². The molecular weight excluding hydrogens is 988 g/mol. The van der Waals surface area contributed by atoms with Crippen molar-refractivity contribution < 1.29 is 30.4 Å². The Labute approximate surface area is 406 Å². The Hall–Kier alpha value is -6.03. The van der Waals surface area contributed by atoms with Gasteiger partial charge in [-0.15, -0.1) is 35.4 Å². The monoisotopic (exact) mass is 1050 g/mol. The maximum atomic E-state index is 7.19. The number of rotatable bonds is 9. The summed E-state index contributed by atoms with van der Waals surface area (Å²) in [4.78, 5) is 5.02. The van der Waals surface area contributed by atoms with Gasteiger partial charge in [-0.05, 0) is 99.2 Å². The molecule has 0 aliphatic carbocycles. The third-order valence-electron chi connectivity index (χ3n) is 13.5. The van der Waals surface area contributed by atoms with E-state index in [0.717, 1.165) is 61.5 Å². The van der Waals surface area contributed by atoms with Crippen molar-refractivity contribution in [2.24, 2.45) is 0 Å². The van der Waals surface area contributed by atoms with Gasteiger partial charge in [0.2, 0.25) is 0 Å². The van der Waals surface area contributed by atoms with E-state index in [2.05, 4.69) is 255 Å². The number of hydrogen-bond donors (Lipinski definition) is 0. The fraction of sp³-hybridized carbons (Fsp3) is 0.267. The van der Waals surface area contributed by atoms with E-state index in [1.807, 2.05) is 6.20 Å². The number of aromatic nitrogens is 4. The van der Waals surface area contributed by atoms with E-state index in [4.69, 9.17) is 9.72 Å². The molecule has 3 heterocycles. The molecule has 9 aromatic rings. The Kier molecular flexibility index (Phi) is 12.2. The topological polar surface area (TPSA) is 35.9 Å². The van der Waals surface area contributed by atoms with E-state index in [1.54, 1.807) is 0 Å². The van der Waals surface area contributed by atoms with Crippen LogP contribution in [0.5, 0.6) is 11.5 Å². The third-order valence-corrected chi connectivity index (χ3v) is 13.5.